The Kier molecular flexibility index (Phi) is 4.52. The van der Waals surface area contributed by atoms with Crippen molar-refractivity contribution >= 4 is 32.9 Å². The second-order valence-electron chi connectivity index (χ2n) is 5.48. The van der Waals surface area contributed by atoms with Gasteiger partial charge >= 0.3 is 0 Å². The van der Waals surface area contributed by atoms with Crippen molar-refractivity contribution in [1.29, 1.82) is 0 Å². The zero-order valence-electron chi connectivity index (χ0n) is 11.0. The largest absolute Gasteiger partial charge is 0.389 e. The van der Waals surface area contributed by atoms with Gasteiger partial charge in [0.2, 0.25) is 10.0 Å². The number of halogens is 1. The summed E-state index contributed by atoms with van der Waals surface area (Å²) in [6.45, 7) is 5.43. The lowest BCUT2D eigenvalue weighted by atomic mass is 10.0. The Labute approximate surface area is 118 Å². The van der Waals surface area contributed by atoms with Crippen LogP contribution in [0, 0.1) is 11.2 Å². The molecule has 0 aliphatic rings. The highest BCUT2D eigenvalue weighted by atomic mass is 32.2. The van der Waals surface area contributed by atoms with Crippen molar-refractivity contribution < 1.29 is 12.8 Å². The number of sulfonamides is 1. The van der Waals surface area contributed by atoms with Gasteiger partial charge < -0.3 is 5.73 Å². The van der Waals surface area contributed by atoms with E-state index in [9.17, 15) is 12.8 Å². The van der Waals surface area contributed by atoms with E-state index in [-0.39, 0.29) is 22.0 Å². The average Bonchev–Trinajstić information content (AvgIpc) is 2.16. The fraction of sp³-hybridized carbons (Fsp3) is 0.417. The fourth-order valence-corrected chi connectivity index (χ4v) is 3.48. The number of hydrogen-bond acceptors (Lipinski definition) is 3. The van der Waals surface area contributed by atoms with E-state index in [0.29, 0.717) is 0 Å². The molecule has 0 aromatic heterocycles. The Hall–Kier alpha value is -1.21. The van der Waals surface area contributed by atoms with Gasteiger partial charge in [-0.3, -0.25) is 4.72 Å². The van der Waals surface area contributed by atoms with Gasteiger partial charge in [-0.05, 0) is 23.6 Å². The first-order valence-corrected chi connectivity index (χ1v) is 7.66. The third-order valence-electron chi connectivity index (χ3n) is 2.14. The van der Waals surface area contributed by atoms with Gasteiger partial charge in [-0.15, -0.1) is 0 Å². The SMILES string of the molecule is CC(C)(C)CS(=O)(=O)Nc1ccc(F)cc1C(N)=S. The summed E-state index contributed by atoms with van der Waals surface area (Å²) in [6, 6.07) is 3.57. The van der Waals surface area contributed by atoms with Crippen LogP contribution in [-0.2, 0) is 10.0 Å². The van der Waals surface area contributed by atoms with Gasteiger partial charge in [0, 0.05) is 5.56 Å². The first kappa shape index (κ1) is 15.8. The van der Waals surface area contributed by atoms with Crippen LogP contribution in [0.4, 0.5) is 10.1 Å². The highest BCUT2D eigenvalue weighted by Crippen LogP contribution is 2.22. The van der Waals surface area contributed by atoms with Crippen LogP contribution in [0.5, 0.6) is 0 Å². The summed E-state index contributed by atoms with van der Waals surface area (Å²) in [7, 11) is -3.55. The van der Waals surface area contributed by atoms with Gasteiger partial charge in [-0.25, -0.2) is 12.8 Å². The Bertz CT molecular complexity index is 592. The Morgan fingerprint density at radius 1 is 1.42 bits per heavy atom. The summed E-state index contributed by atoms with van der Waals surface area (Å²) in [6.07, 6.45) is 0. The molecule has 1 aromatic rings. The van der Waals surface area contributed by atoms with E-state index < -0.39 is 21.3 Å². The van der Waals surface area contributed by atoms with Crippen LogP contribution < -0.4 is 10.5 Å². The molecular formula is C12H17FN2O2S2. The lowest BCUT2D eigenvalue weighted by Gasteiger charge is -2.19. The third kappa shape index (κ3) is 5.12. The highest BCUT2D eigenvalue weighted by Gasteiger charge is 2.22. The van der Waals surface area contributed by atoms with E-state index in [0.717, 1.165) is 12.1 Å². The van der Waals surface area contributed by atoms with Gasteiger partial charge in [0.25, 0.3) is 0 Å². The maximum atomic E-state index is 13.1. The zero-order valence-corrected chi connectivity index (χ0v) is 12.7. The van der Waals surface area contributed by atoms with Crippen LogP contribution in [0.3, 0.4) is 0 Å². The number of nitrogens with two attached hydrogens (primary N) is 1. The quantitative estimate of drug-likeness (QED) is 0.837. The van der Waals surface area contributed by atoms with Crippen LogP contribution in [0.1, 0.15) is 26.3 Å². The topological polar surface area (TPSA) is 72.2 Å². The first-order chi connectivity index (χ1) is 8.50. The molecule has 0 spiro atoms. The number of rotatable bonds is 4. The second-order valence-corrected chi connectivity index (χ2v) is 7.64. The van der Waals surface area contributed by atoms with E-state index in [2.05, 4.69) is 4.72 Å². The molecule has 0 saturated heterocycles. The molecule has 1 rings (SSSR count). The lowest BCUT2D eigenvalue weighted by Crippen LogP contribution is -2.27. The molecule has 1 aromatic carbocycles. The zero-order chi connectivity index (χ0) is 14.8. The van der Waals surface area contributed by atoms with Crippen molar-refractivity contribution in [3.63, 3.8) is 0 Å². The van der Waals surface area contributed by atoms with Crippen molar-refractivity contribution in [2.75, 3.05) is 10.5 Å². The van der Waals surface area contributed by atoms with E-state index in [4.69, 9.17) is 18.0 Å². The minimum absolute atomic E-state index is 0.0614. The van der Waals surface area contributed by atoms with Gasteiger partial charge in [-0.2, -0.15) is 0 Å². The molecule has 0 amide bonds. The van der Waals surface area contributed by atoms with E-state index in [1.54, 1.807) is 0 Å². The van der Waals surface area contributed by atoms with Gasteiger partial charge in [-0.1, -0.05) is 33.0 Å². The first-order valence-electron chi connectivity index (χ1n) is 5.60. The molecule has 3 N–H and O–H groups in total. The summed E-state index contributed by atoms with van der Waals surface area (Å²) in [5, 5.41) is 0. The minimum atomic E-state index is -3.55. The van der Waals surface area contributed by atoms with E-state index in [1.807, 2.05) is 20.8 Å². The molecule has 4 nitrogen and oxygen atoms in total. The summed E-state index contributed by atoms with van der Waals surface area (Å²) in [4.78, 5) is -0.0621. The molecule has 0 heterocycles. The predicted octanol–water partition coefficient (Wildman–Crippen LogP) is 2.25. The summed E-state index contributed by atoms with van der Waals surface area (Å²) in [5.74, 6) is -0.588. The van der Waals surface area contributed by atoms with Gasteiger partial charge in [0.05, 0.1) is 11.4 Å². The molecular weight excluding hydrogens is 287 g/mol. The molecule has 0 bridgehead atoms. The molecule has 0 fully saturated rings. The second kappa shape index (κ2) is 5.42. The Morgan fingerprint density at radius 2 is 2.00 bits per heavy atom. The lowest BCUT2D eigenvalue weighted by molar-refractivity contribution is 0.463. The molecule has 106 valence electrons. The molecule has 0 atom stereocenters. The Balaban J connectivity index is 3.10. The molecule has 0 radical (unpaired) electrons. The van der Waals surface area contributed by atoms with Crippen LogP contribution in [0.15, 0.2) is 18.2 Å². The molecule has 0 aliphatic heterocycles. The van der Waals surface area contributed by atoms with Crippen LogP contribution in [-0.4, -0.2) is 19.2 Å². The van der Waals surface area contributed by atoms with Crippen molar-refractivity contribution in [3.8, 4) is 0 Å². The monoisotopic (exact) mass is 304 g/mol. The van der Waals surface area contributed by atoms with Crippen molar-refractivity contribution in [3.05, 3.63) is 29.6 Å². The number of thiocarbonyl (C=S) groups is 1. The Morgan fingerprint density at radius 3 is 2.47 bits per heavy atom. The third-order valence-corrected chi connectivity index (χ3v) is 4.13. The highest BCUT2D eigenvalue weighted by molar-refractivity contribution is 7.92. The summed E-state index contributed by atoms with van der Waals surface area (Å²) < 4.78 is 39.5. The predicted molar refractivity (Wildman–Crippen MR) is 79.2 cm³/mol. The number of hydrogen-bond donors (Lipinski definition) is 2. The molecule has 19 heavy (non-hydrogen) atoms. The minimum Gasteiger partial charge on any atom is -0.389 e. The number of anilines is 1. The summed E-state index contributed by atoms with van der Waals surface area (Å²) >= 11 is 4.78. The molecule has 0 unspecified atom stereocenters. The van der Waals surface area contributed by atoms with Crippen LogP contribution >= 0.6 is 12.2 Å². The summed E-state index contributed by atoms with van der Waals surface area (Å²) in [5.41, 5.74) is 5.43. The van der Waals surface area contributed by atoms with Crippen LogP contribution in [0.25, 0.3) is 0 Å². The molecule has 0 saturated carbocycles. The number of benzene rings is 1. The fourth-order valence-electron chi connectivity index (χ4n) is 1.58. The van der Waals surface area contributed by atoms with Crippen molar-refractivity contribution in [2.45, 2.75) is 20.8 Å². The van der Waals surface area contributed by atoms with E-state index in [1.165, 1.54) is 6.07 Å². The van der Waals surface area contributed by atoms with Crippen LogP contribution in [0.2, 0.25) is 0 Å². The van der Waals surface area contributed by atoms with Crippen molar-refractivity contribution in [2.24, 2.45) is 11.1 Å². The number of nitrogens with one attached hydrogen (secondary N) is 1. The van der Waals surface area contributed by atoms with Crippen molar-refractivity contribution in [1.82, 2.24) is 0 Å². The van der Waals surface area contributed by atoms with E-state index >= 15 is 0 Å². The normalized spacial score (nSPS) is 12.2. The smallest absolute Gasteiger partial charge is 0.233 e. The average molecular weight is 304 g/mol. The maximum absolute atomic E-state index is 13.1. The maximum Gasteiger partial charge on any atom is 0.233 e. The van der Waals surface area contributed by atoms with Gasteiger partial charge in [0.15, 0.2) is 0 Å². The molecule has 7 heteroatoms. The molecule has 0 aliphatic carbocycles. The standard InChI is InChI=1S/C12H17FN2O2S2/c1-12(2,3)7-19(16,17)15-10-5-4-8(13)6-9(10)11(14)18/h4-6,15H,7H2,1-3H3,(H2,14,18). The van der Waals surface area contributed by atoms with Gasteiger partial charge in [0.1, 0.15) is 10.8 Å².